The quantitative estimate of drug-likeness (QED) is 0.204. The van der Waals surface area contributed by atoms with Gasteiger partial charge in [-0.3, -0.25) is 4.79 Å². The Balaban J connectivity index is 1.84. The second-order valence-electron chi connectivity index (χ2n) is 7.68. The molecule has 0 atom stereocenters. The predicted octanol–water partition coefficient (Wildman–Crippen LogP) is 7.65. The average Bonchev–Trinajstić information content (AvgIpc) is 3.11. The zero-order valence-electron chi connectivity index (χ0n) is 18.1. The van der Waals surface area contributed by atoms with Gasteiger partial charge in [-0.1, -0.05) is 47.0 Å². The molecule has 4 aromatic rings. The summed E-state index contributed by atoms with van der Waals surface area (Å²) in [6.07, 6.45) is 2.34. The number of carbonyl (C=O) groups excluding carboxylic acids is 1. The number of rotatable bonds is 6. The fraction of sp³-hybridized carbons (Fsp3) is 0.0769. The highest BCUT2D eigenvalue weighted by Gasteiger charge is 2.25. The molecule has 0 aliphatic heterocycles. The van der Waals surface area contributed by atoms with E-state index in [9.17, 15) is 14.7 Å². The summed E-state index contributed by atoms with van der Waals surface area (Å²) in [5, 5.41) is 19.7. The summed E-state index contributed by atoms with van der Waals surface area (Å²) >= 11 is 14.0. The number of aliphatic carboxylic acids is 1. The number of aryl methyl sites for hydroxylation is 2. The number of ether oxygens (including phenoxy) is 1. The van der Waals surface area contributed by atoms with Crippen LogP contribution in [0, 0.1) is 13.8 Å². The van der Waals surface area contributed by atoms with Crippen LogP contribution in [0.15, 0.2) is 54.6 Å². The van der Waals surface area contributed by atoms with Crippen molar-refractivity contribution in [2.75, 3.05) is 0 Å². The number of benzene rings is 3. The normalized spacial score (nSPS) is 11.3. The van der Waals surface area contributed by atoms with Crippen LogP contribution in [0.25, 0.3) is 16.2 Å². The Labute approximate surface area is 209 Å². The Morgan fingerprint density at radius 3 is 2.32 bits per heavy atom. The molecule has 1 heterocycles. The summed E-state index contributed by atoms with van der Waals surface area (Å²) in [4.78, 5) is 24.7. The first kappa shape index (κ1) is 23.8. The summed E-state index contributed by atoms with van der Waals surface area (Å²) in [5.74, 6) is -0.839. The lowest BCUT2D eigenvalue weighted by molar-refractivity contribution is -0.131. The van der Waals surface area contributed by atoms with Gasteiger partial charge < -0.3 is 14.9 Å². The van der Waals surface area contributed by atoms with Gasteiger partial charge in [0.2, 0.25) is 5.78 Å². The van der Waals surface area contributed by atoms with Crippen molar-refractivity contribution in [2.24, 2.45) is 0 Å². The van der Waals surface area contributed by atoms with Crippen LogP contribution < -0.4 is 4.74 Å². The van der Waals surface area contributed by atoms with E-state index in [0.29, 0.717) is 26.1 Å². The SMILES string of the molecule is Cc1ccc(C(=O)c2sc3cc(O)ccc3c2Oc2c(Cl)cc(/C=C/C(=O)O)cc2Cl)c(C)c1. The number of hydrogen-bond donors (Lipinski definition) is 2. The summed E-state index contributed by atoms with van der Waals surface area (Å²) in [5.41, 5.74) is 2.90. The maximum absolute atomic E-state index is 13.6. The third kappa shape index (κ3) is 4.80. The summed E-state index contributed by atoms with van der Waals surface area (Å²) in [6.45, 7) is 3.83. The van der Waals surface area contributed by atoms with Crippen LogP contribution in [0.3, 0.4) is 0 Å². The number of fused-ring (bicyclic) bond motifs is 1. The molecule has 3 aromatic carbocycles. The molecule has 0 fully saturated rings. The molecule has 8 heteroatoms. The Bertz CT molecular complexity index is 1460. The number of carbonyl (C=O) groups is 2. The highest BCUT2D eigenvalue weighted by molar-refractivity contribution is 7.21. The molecule has 0 radical (unpaired) electrons. The van der Waals surface area contributed by atoms with Gasteiger partial charge in [0.05, 0.1) is 10.0 Å². The first-order valence-corrected chi connectivity index (χ1v) is 11.7. The Kier molecular flexibility index (Phi) is 6.66. The average molecular weight is 513 g/mol. The number of phenols is 1. The van der Waals surface area contributed by atoms with Gasteiger partial charge in [-0.15, -0.1) is 11.3 Å². The van der Waals surface area contributed by atoms with Crippen molar-refractivity contribution in [3.8, 4) is 17.2 Å². The third-order valence-corrected chi connectivity index (χ3v) is 6.80. The van der Waals surface area contributed by atoms with Gasteiger partial charge >= 0.3 is 5.97 Å². The van der Waals surface area contributed by atoms with E-state index in [1.165, 1.54) is 35.6 Å². The monoisotopic (exact) mass is 512 g/mol. The van der Waals surface area contributed by atoms with Crippen LogP contribution in [-0.4, -0.2) is 22.0 Å². The predicted molar refractivity (Wildman–Crippen MR) is 136 cm³/mol. The number of ketones is 1. The molecular weight excluding hydrogens is 495 g/mol. The number of hydrogen-bond acceptors (Lipinski definition) is 5. The molecule has 0 saturated heterocycles. The molecule has 0 spiro atoms. The minimum absolute atomic E-state index is 0.0662. The lowest BCUT2D eigenvalue weighted by atomic mass is 10.0. The van der Waals surface area contributed by atoms with E-state index >= 15 is 0 Å². The molecule has 1 aromatic heterocycles. The van der Waals surface area contributed by atoms with Crippen LogP contribution in [0.2, 0.25) is 10.0 Å². The smallest absolute Gasteiger partial charge is 0.328 e. The molecule has 0 bridgehead atoms. The van der Waals surface area contributed by atoms with E-state index in [1.807, 2.05) is 26.0 Å². The molecule has 0 aliphatic rings. The van der Waals surface area contributed by atoms with Crippen LogP contribution in [-0.2, 0) is 4.79 Å². The largest absolute Gasteiger partial charge is 0.508 e. The Morgan fingerprint density at radius 2 is 1.68 bits per heavy atom. The van der Waals surface area contributed by atoms with Crippen molar-refractivity contribution in [3.63, 3.8) is 0 Å². The van der Waals surface area contributed by atoms with Crippen LogP contribution in [0.1, 0.15) is 31.9 Å². The van der Waals surface area contributed by atoms with Crippen molar-refractivity contribution in [2.45, 2.75) is 13.8 Å². The maximum atomic E-state index is 13.6. The lowest BCUT2D eigenvalue weighted by Crippen LogP contribution is -2.03. The molecule has 0 saturated carbocycles. The number of carboxylic acids is 1. The molecule has 34 heavy (non-hydrogen) atoms. The molecule has 2 N–H and O–H groups in total. The zero-order valence-corrected chi connectivity index (χ0v) is 20.4. The van der Waals surface area contributed by atoms with Gasteiger partial charge in [-0.2, -0.15) is 0 Å². The topological polar surface area (TPSA) is 83.8 Å². The van der Waals surface area contributed by atoms with Crippen molar-refractivity contribution in [1.82, 2.24) is 0 Å². The Hall–Kier alpha value is -3.32. The Morgan fingerprint density at radius 1 is 0.971 bits per heavy atom. The second kappa shape index (κ2) is 9.50. The second-order valence-corrected chi connectivity index (χ2v) is 9.54. The van der Waals surface area contributed by atoms with Gasteiger partial charge in [0, 0.05) is 21.7 Å². The summed E-state index contributed by atoms with van der Waals surface area (Å²) < 4.78 is 6.82. The minimum atomic E-state index is -1.10. The van der Waals surface area contributed by atoms with Gasteiger partial charge in [0.1, 0.15) is 10.6 Å². The van der Waals surface area contributed by atoms with E-state index < -0.39 is 5.97 Å². The summed E-state index contributed by atoms with van der Waals surface area (Å²) in [7, 11) is 0. The van der Waals surface area contributed by atoms with Crippen molar-refractivity contribution in [1.29, 1.82) is 0 Å². The van der Waals surface area contributed by atoms with Crippen molar-refractivity contribution >= 4 is 62.5 Å². The van der Waals surface area contributed by atoms with E-state index in [1.54, 1.807) is 18.2 Å². The standard InChI is InChI=1S/C26H18Cl2O5S/c1-13-3-6-17(14(2)9-13)23(32)26-24(18-7-5-16(29)12-21(18)34-26)33-25-19(27)10-15(11-20(25)28)4-8-22(30)31/h3-12,29H,1-2H3,(H,30,31)/b8-4+. The third-order valence-electron chi connectivity index (χ3n) is 5.10. The van der Waals surface area contributed by atoms with Crippen LogP contribution in [0.5, 0.6) is 17.2 Å². The van der Waals surface area contributed by atoms with Crippen LogP contribution >= 0.6 is 34.5 Å². The fourth-order valence-corrected chi connectivity index (χ4v) is 5.24. The van der Waals surface area contributed by atoms with E-state index in [4.69, 9.17) is 33.0 Å². The lowest BCUT2D eigenvalue weighted by Gasteiger charge is -2.12. The number of thiophene rings is 1. The highest BCUT2D eigenvalue weighted by atomic mass is 35.5. The van der Waals surface area contributed by atoms with E-state index in [0.717, 1.165) is 17.2 Å². The van der Waals surface area contributed by atoms with Crippen molar-refractivity contribution < 1.29 is 24.5 Å². The van der Waals surface area contributed by atoms with Gasteiger partial charge in [-0.25, -0.2) is 4.79 Å². The molecule has 172 valence electrons. The number of carboxylic acid groups (broad SMARTS) is 1. The first-order valence-electron chi connectivity index (χ1n) is 10.1. The first-order chi connectivity index (χ1) is 16.1. The molecule has 5 nitrogen and oxygen atoms in total. The van der Waals surface area contributed by atoms with Gasteiger partial charge in [0.15, 0.2) is 11.5 Å². The number of aromatic hydroxyl groups is 1. The maximum Gasteiger partial charge on any atom is 0.328 e. The zero-order chi connectivity index (χ0) is 24.6. The van der Waals surface area contributed by atoms with Crippen LogP contribution in [0.4, 0.5) is 0 Å². The highest BCUT2D eigenvalue weighted by Crippen LogP contribution is 2.46. The molecule has 0 amide bonds. The van der Waals surface area contributed by atoms with Gasteiger partial charge in [-0.05, 0) is 61.4 Å². The molecule has 0 aliphatic carbocycles. The summed E-state index contributed by atoms with van der Waals surface area (Å²) in [6, 6.07) is 13.4. The van der Waals surface area contributed by atoms with Gasteiger partial charge in [0.25, 0.3) is 0 Å². The van der Waals surface area contributed by atoms with Crippen molar-refractivity contribution in [3.05, 3.63) is 91.8 Å². The number of halogens is 2. The molecular formula is C26H18Cl2O5S. The molecule has 0 unspecified atom stereocenters. The minimum Gasteiger partial charge on any atom is -0.508 e. The molecule has 4 rings (SSSR count). The van der Waals surface area contributed by atoms with E-state index in [2.05, 4.69) is 0 Å². The van der Waals surface area contributed by atoms with E-state index in [-0.39, 0.29) is 33.1 Å². The number of phenolic OH excluding ortho intramolecular Hbond substituents is 1. The fourth-order valence-electron chi connectivity index (χ4n) is 3.55.